The van der Waals surface area contributed by atoms with Gasteiger partial charge in [0.15, 0.2) is 5.50 Å². The summed E-state index contributed by atoms with van der Waals surface area (Å²) in [7, 11) is 7.19. The second-order valence-corrected chi connectivity index (χ2v) is 11.7. The van der Waals surface area contributed by atoms with Gasteiger partial charge in [-0.3, -0.25) is 4.79 Å². The molecule has 2 heterocycles. The highest BCUT2D eigenvalue weighted by Gasteiger charge is 2.46. The van der Waals surface area contributed by atoms with Crippen molar-refractivity contribution >= 4 is 23.4 Å². The molecule has 3 unspecified atom stereocenters. The second kappa shape index (κ2) is 21.3. The first-order valence-corrected chi connectivity index (χ1v) is 16.0. The van der Waals surface area contributed by atoms with E-state index < -0.39 is 0 Å². The number of amides is 1. The van der Waals surface area contributed by atoms with Crippen LogP contribution in [0.4, 0.5) is 5.69 Å². The molecule has 9 nitrogen and oxygen atoms in total. The van der Waals surface area contributed by atoms with E-state index in [1.54, 1.807) is 38.7 Å². The third-order valence-electron chi connectivity index (χ3n) is 7.59. The Kier molecular flexibility index (Phi) is 19.6. The van der Waals surface area contributed by atoms with Crippen molar-refractivity contribution in [2.24, 2.45) is 5.92 Å². The first-order chi connectivity index (χ1) is 19.8. The second-order valence-electron chi connectivity index (χ2n) is 10.5. The molecule has 3 atom stereocenters. The molecule has 240 valence electrons. The van der Waals surface area contributed by atoms with Gasteiger partial charge in [0.2, 0.25) is 5.91 Å². The van der Waals surface area contributed by atoms with Crippen molar-refractivity contribution in [3.8, 4) is 0 Å². The van der Waals surface area contributed by atoms with Crippen molar-refractivity contribution in [3.63, 3.8) is 0 Å². The largest absolute Gasteiger partial charge is 0.394 e. The fourth-order valence-corrected chi connectivity index (χ4v) is 6.99. The van der Waals surface area contributed by atoms with Gasteiger partial charge in [0.05, 0.1) is 32.1 Å². The average molecular weight is 602 g/mol. The van der Waals surface area contributed by atoms with Crippen molar-refractivity contribution in [2.45, 2.75) is 81.5 Å². The Labute approximate surface area is 254 Å². The number of methoxy groups -OCH3 is 2. The minimum absolute atomic E-state index is 0. The summed E-state index contributed by atoms with van der Waals surface area (Å²) in [5.74, 6) is 0.843. The molecule has 0 aromatic heterocycles. The van der Waals surface area contributed by atoms with E-state index in [1.165, 1.54) is 61.3 Å². The van der Waals surface area contributed by atoms with Gasteiger partial charge in [-0.05, 0) is 75.4 Å². The Balaban J connectivity index is 0.00000111. The van der Waals surface area contributed by atoms with Crippen LogP contribution in [0.3, 0.4) is 0 Å². The highest BCUT2D eigenvalue weighted by Crippen LogP contribution is 2.52. The molecule has 0 bridgehead atoms. The topological polar surface area (TPSA) is 113 Å². The monoisotopic (exact) mass is 601 g/mol. The number of carbonyl (C=O) groups excluding carboxylic acids is 1. The number of hydrogen-bond donors (Lipinski definition) is 4. The minimum Gasteiger partial charge on any atom is -0.394 e. The molecule has 1 aromatic rings. The van der Waals surface area contributed by atoms with Gasteiger partial charge in [-0.2, -0.15) is 0 Å². The maximum absolute atomic E-state index is 12.2. The maximum Gasteiger partial charge on any atom is 0.222 e. The number of rotatable bonds is 10. The number of aliphatic hydroxyl groups is 2. The lowest BCUT2D eigenvalue weighted by Gasteiger charge is -2.51. The molecule has 2 aliphatic heterocycles. The number of likely N-dealkylation sites (tertiary alicyclic amines) is 1. The lowest BCUT2D eigenvalue weighted by molar-refractivity contribution is -0.121. The summed E-state index contributed by atoms with van der Waals surface area (Å²) in [6.07, 6.45) is 7.91. The summed E-state index contributed by atoms with van der Waals surface area (Å²) in [6.45, 7) is 10.0. The zero-order valence-corrected chi connectivity index (χ0v) is 27.4. The van der Waals surface area contributed by atoms with Crippen LogP contribution in [-0.2, 0) is 24.4 Å². The lowest BCUT2D eigenvalue weighted by atomic mass is 9.58. The van der Waals surface area contributed by atoms with Gasteiger partial charge < -0.3 is 40.0 Å². The van der Waals surface area contributed by atoms with Crippen molar-refractivity contribution in [3.05, 3.63) is 23.3 Å². The van der Waals surface area contributed by atoms with Crippen LogP contribution >= 0.6 is 11.8 Å². The molecular weight excluding hydrogens is 542 g/mol. The SMILES string of the molecule is CC.COC.COCCCC(=O)NC1Nc2cc(C34CCCCC3CN(C)CC4)c(C)cc2S1.OCCOCCO.[HH]. The Morgan fingerprint density at radius 3 is 2.46 bits per heavy atom. The number of piperidine rings is 1. The van der Waals surface area contributed by atoms with Crippen molar-refractivity contribution in [1.29, 1.82) is 0 Å². The smallest absolute Gasteiger partial charge is 0.222 e. The molecule has 1 aromatic carbocycles. The van der Waals surface area contributed by atoms with Gasteiger partial charge in [0.1, 0.15) is 0 Å². The van der Waals surface area contributed by atoms with E-state index in [2.05, 4.69) is 51.1 Å². The molecule has 1 amide bonds. The number of aryl methyl sites for hydroxylation is 1. The molecule has 2 fully saturated rings. The Hall–Kier alpha value is -1.40. The van der Waals surface area contributed by atoms with E-state index in [9.17, 15) is 4.79 Å². The number of benzene rings is 1. The first kappa shape index (κ1) is 37.6. The van der Waals surface area contributed by atoms with E-state index >= 15 is 0 Å². The van der Waals surface area contributed by atoms with Crippen molar-refractivity contribution < 1.29 is 30.6 Å². The lowest BCUT2D eigenvalue weighted by Crippen LogP contribution is -2.50. The van der Waals surface area contributed by atoms with Gasteiger partial charge in [-0.15, -0.1) is 0 Å². The number of thioether (sulfide) groups is 1. The van der Waals surface area contributed by atoms with Crippen LogP contribution in [0.5, 0.6) is 0 Å². The molecule has 0 radical (unpaired) electrons. The highest BCUT2D eigenvalue weighted by molar-refractivity contribution is 8.00. The van der Waals surface area contributed by atoms with Crippen molar-refractivity contribution in [1.82, 2.24) is 10.2 Å². The molecule has 0 spiro atoms. The number of carbonyl (C=O) groups is 1. The first-order valence-electron chi connectivity index (χ1n) is 15.1. The third kappa shape index (κ3) is 12.0. The number of anilines is 1. The summed E-state index contributed by atoms with van der Waals surface area (Å²) < 4.78 is 13.9. The fraction of sp³-hybridized carbons (Fsp3) is 0.774. The molecule has 4 N–H and O–H groups in total. The van der Waals surface area contributed by atoms with Crippen molar-refractivity contribution in [2.75, 3.05) is 79.8 Å². The maximum atomic E-state index is 12.2. The highest BCUT2D eigenvalue weighted by atomic mass is 32.2. The van der Waals surface area contributed by atoms with Gasteiger partial charge in [-0.1, -0.05) is 38.5 Å². The molecule has 1 aliphatic carbocycles. The predicted octanol–water partition coefficient (Wildman–Crippen LogP) is 4.62. The van der Waals surface area contributed by atoms with Gasteiger partial charge >= 0.3 is 0 Å². The molecule has 10 heteroatoms. The molecule has 1 saturated carbocycles. The fourth-order valence-electron chi connectivity index (χ4n) is 5.87. The van der Waals surface area contributed by atoms with E-state index in [-0.39, 0.29) is 26.0 Å². The zero-order chi connectivity index (χ0) is 30.7. The summed E-state index contributed by atoms with van der Waals surface area (Å²) in [5.41, 5.74) is 4.41. The van der Waals surface area contributed by atoms with Crippen LogP contribution < -0.4 is 10.6 Å². The Morgan fingerprint density at radius 2 is 1.83 bits per heavy atom. The average Bonchev–Trinajstić information content (AvgIpc) is 3.35. The number of fused-ring (bicyclic) bond motifs is 2. The summed E-state index contributed by atoms with van der Waals surface area (Å²) >= 11 is 1.72. The van der Waals surface area contributed by atoms with E-state index in [0.29, 0.717) is 31.7 Å². The number of nitrogens with zero attached hydrogens (tertiary/aromatic N) is 1. The van der Waals surface area contributed by atoms with Crippen LogP contribution in [-0.4, -0.2) is 101 Å². The summed E-state index contributed by atoms with van der Waals surface area (Å²) in [4.78, 5) is 16.0. The van der Waals surface area contributed by atoms with E-state index in [4.69, 9.17) is 14.9 Å². The molecule has 3 aliphatic rings. The predicted molar refractivity (Wildman–Crippen MR) is 171 cm³/mol. The Morgan fingerprint density at radius 1 is 1.15 bits per heavy atom. The molecular formula is C31H59N3O6S. The standard InChI is InChI=1S/C23H35N3O2S.C4H10O3.C2H6O.C2H6.H2/c1-16-13-20-19(24-22(29-20)25-21(27)8-6-12-28-3)14-18(16)23-9-5-4-7-17(23)15-26(2)11-10-23;5-1-3-7-4-2-6;1-3-2;1-2;/h13-14,17,22,24H,4-12,15H2,1-3H3,(H,25,27);5-6H,1-4H2;1-2H3;1-2H3;1H. The molecule has 41 heavy (non-hydrogen) atoms. The molecule has 1 saturated heterocycles. The summed E-state index contributed by atoms with van der Waals surface area (Å²) in [5, 5.41) is 22.8. The van der Waals surface area contributed by atoms with Gasteiger partial charge in [0.25, 0.3) is 0 Å². The van der Waals surface area contributed by atoms with E-state index in [0.717, 1.165) is 12.3 Å². The van der Waals surface area contributed by atoms with Crippen LogP contribution in [0.15, 0.2) is 17.0 Å². The Bertz CT molecular complexity index is 864. The number of ether oxygens (including phenoxy) is 3. The summed E-state index contributed by atoms with van der Waals surface area (Å²) in [6, 6.07) is 4.76. The third-order valence-corrected chi connectivity index (χ3v) is 8.65. The van der Waals surface area contributed by atoms with Crippen LogP contribution in [0.25, 0.3) is 0 Å². The quantitative estimate of drug-likeness (QED) is 0.285. The minimum atomic E-state index is -0.0770. The zero-order valence-electron chi connectivity index (χ0n) is 26.6. The number of hydrogen-bond acceptors (Lipinski definition) is 9. The van der Waals surface area contributed by atoms with Gasteiger partial charge in [-0.25, -0.2) is 0 Å². The van der Waals surface area contributed by atoms with Crippen LogP contribution in [0, 0.1) is 12.8 Å². The van der Waals surface area contributed by atoms with Crippen LogP contribution in [0.1, 0.15) is 71.3 Å². The van der Waals surface area contributed by atoms with Gasteiger partial charge in [0, 0.05) is 52.6 Å². The number of nitrogens with one attached hydrogen (secondary N) is 2. The molecule has 4 rings (SSSR count). The number of aliphatic hydroxyl groups excluding tert-OH is 2. The normalized spacial score (nSPS) is 22.8. The van der Waals surface area contributed by atoms with E-state index in [1.807, 2.05) is 13.8 Å². The van der Waals surface area contributed by atoms with Crippen LogP contribution in [0.2, 0.25) is 0 Å².